The Labute approximate surface area is 244 Å². The zero-order valence-electron chi connectivity index (χ0n) is 24.6. The zero-order valence-corrected chi connectivity index (χ0v) is 24.6. The fourth-order valence-corrected chi connectivity index (χ4v) is 5.97. The molecule has 0 bridgehead atoms. The van der Waals surface area contributed by atoms with E-state index in [-0.39, 0.29) is 28.2 Å². The van der Waals surface area contributed by atoms with E-state index in [0.29, 0.717) is 5.82 Å². The van der Waals surface area contributed by atoms with Crippen LogP contribution in [0.25, 0.3) is 5.76 Å². The molecule has 9 heteroatoms. The van der Waals surface area contributed by atoms with Crippen LogP contribution in [-0.4, -0.2) is 24.0 Å². The van der Waals surface area contributed by atoms with E-state index in [0.717, 1.165) is 44.8 Å². The molecule has 0 amide bonds. The van der Waals surface area contributed by atoms with Crippen LogP contribution < -0.4 is 9.80 Å². The van der Waals surface area contributed by atoms with Gasteiger partial charge in [-0.3, -0.25) is 10.1 Å². The van der Waals surface area contributed by atoms with Crippen molar-refractivity contribution in [2.45, 2.75) is 41.5 Å². The van der Waals surface area contributed by atoms with Crippen molar-refractivity contribution in [1.29, 1.82) is 0 Å². The van der Waals surface area contributed by atoms with E-state index in [1.807, 2.05) is 63.7 Å². The summed E-state index contributed by atoms with van der Waals surface area (Å²) >= 11 is 0. The third-order valence-corrected chi connectivity index (χ3v) is 7.38. The fraction of sp³-hybridized carbons (Fsp3) is 0.212. The lowest BCUT2D eigenvalue weighted by atomic mass is 9.99. The van der Waals surface area contributed by atoms with E-state index < -0.39 is 16.9 Å². The second kappa shape index (κ2) is 10.7. The maximum atomic E-state index is 13.9. The number of nitro groups is 1. The van der Waals surface area contributed by atoms with Crippen LogP contribution in [-0.2, 0) is 19.1 Å². The van der Waals surface area contributed by atoms with E-state index >= 15 is 0 Å². The Bertz CT molecular complexity index is 1670. The molecule has 2 aliphatic heterocycles. The molecule has 0 atom stereocenters. The van der Waals surface area contributed by atoms with Crippen LogP contribution >= 0.6 is 0 Å². The summed E-state index contributed by atoms with van der Waals surface area (Å²) in [6.07, 6.45) is 3.72. The maximum absolute atomic E-state index is 13.9. The van der Waals surface area contributed by atoms with Gasteiger partial charge in [-0.05, 0) is 63.8 Å². The largest absolute Gasteiger partial charge is 0.465 e. The number of carbonyl (C=O) groups excluding carboxylic acids is 2. The third-order valence-electron chi connectivity index (χ3n) is 7.38. The van der Waals surface area contributed by atoms with Gasteiger partial charge in [0, 0.05) is 30.1 Å². The molecule has 3 aromatic rings. The lowest BCUT2D eigenvalue weighted by molar-refractivity contribution is -0.384. The first-order valence-corrected chi connectivity index (χ1v) is 13.4. The van der Waals surface area contributed by atoms with Gasteiger partial charge in [-0.1, -0.05) is 47.5 Å². The van der Waals surface area contributed by atoms with Crippen LogP contribution in [0.4, 0.5) is 17.1 Å². The first kappa shape index (κ1) is 28.4. The summed E-state index contributed by atoms with van der Waals surface area (Å²) in [6.45, 7) is 12.0. The molecule has 42 heavy (non-hydrogen) atoms. The van der Waals surface area contributed by atoms with E-state index in [1.54, 1.807) is 6.07 Å². The van der Waals surface area contributed by atoms with Gasteiger partial charge in [0.05, 0.1) is 23.4 Å². The number of nitrogens with zero attached hydrogens (tertiary/aromatic N) is 3. The average Bonchev–Trinajstić information content (AvgIpc) is 3.47. The molecule has 2 aliphatic rings. The molecule has 9 nitrogen and oxygen atoms in total. The molecule has 3 aromatic carbocycles. The molecule has 0 spiro atoms. The van der Waals surface area contributed by atoms with Crippen LogP contribution in [0.15, 0.2) is 77.9 Å². The number of aryl methyl sites for hydroxylation is 6. The average molecular weight is 566 g/mol. The minimum absolute atomic E-state index is 0.00731. The van der Waals surface area contributed by atoms with Crippen molar-refractivity contribution in [1.82, 2.24) is 0 Å². The van der Waals surface area contributed by atoms with E-state index in [9.17, 15) is 19.7 Å². The van der Waals surface area contributed by atoms with Crippen molar-refractivity contribution in [3.63, 3.8) is 0 Å². The van der Waals surface area contributed by atoms with Crippen molar-refractivity contribution in [3.05, 3.63) is 127 Å². The van der Waals surface area contributed by atoms with Crippen LogP contribution in [0.5, 0.6) is 0 Å². The number of rotatable bonds is 5. The Morgan fingerprint density at radius 2 is 1.33 bits per heavy atom. The summed E-state index contributed by atoms with van der Waals surface area (Å²) in [5.74, 6) is -1.27. The molecule has 0 aromatic heterocycles. The van der Waals surface area contributed by atoms with Gasteiger partial charge in [-0.15, -0.1) is 0 Å². The van der Waals surface area contributed by atoms with Crippen molar-refractivity contribution >= 4 is 34.8 Å². The number of carbonyl (C=O) groups is 2. The Balaban J connectivity index is 1.86. The van der Waals surface area contributed by atoms with Gasteiger partial charge in [0.15, 0.2) is 5.76 Å². The molecule has 214 valence electrons. The number of non-ortho nitro benzene ring substituents is 1. The number of methoxy groups -OCH3 is 1. The number of cyclic esters (lactones) is 1. The van der Waals surface area contributed by atoms with Gasteiger partial charge in [0.25, 0.3) is 5.69 Å². The summed E-state index contributed by atoms with van der Waals surface area (Å²) in [6, 6.07) is 13.9. The monoisotopic (exact) mass is 565 g/mol. The molecule has 0 saturated heterocycles. The smallest absolute Gasteiger partial charge is 0.348 e. The Hall–Kier alpha value is -5.18. The summed E-state index contributed by atoms with van der Waals surface area (Å²) < 4.78 is 10.9. The summed E-state index contributed by atoms with van der Waals surface area (Å²) in [5, 5.41) is 11.5. The quantitative estimate of drug-likeness (QED) is 0.148. The molecule has 0 aliphatic carbocycles. The normalized spacial score (nSPS) is 14.7. The molecular weight excluding hydrogens is 534 g/mol. The number of ether oxygens (including phenoxy) is 2. The fourth-order valence-electron chi connectivity index (χ4n) is 5.97. The standard InChI is InChI=1S/C33H31N3O6/c1-18-13-20(3)28(21(4)14-18)34-11-12-35(29-22(5)15-19(2)16-23(29)6)31(34)27-26(32(37)41-7)30(42-33(27)38)24-9-8-10-25(17-24)36(39)40/h8-17H,1-7H3. The molecule has 5 rings (SSSR count). The first-order chi connectivity index (χ1) is 19.9. The maximum Gasteiger partial charge on any atom is 0.348 e. The number of esters is 2. The molecule has 0 radical (unpaired) electrons. The predicted molar refractivity (Wildman–Crippen MR) is 161 cm³/mol. The highest BCUT2D eigenvalue weighted by Gasteiger charge is 2.43. The lowest BCUT2D eigenvalue weighted by Crippen LogP contribution is -2.29. The van der Waals surface area contributed by atoms with Crippen molar-refractivity contribution in [2.75, 3.05) is 16.9 Å². The molecule has 0 N–H and O–H groups in total. The minimum Gasteiger partial charge on any atom is -0.465 e. The lowest BCUT2D eigenvalue weighted by Gasteiger charge is -2.30. The number of nitro benzene ring substituents is 1. The van der Waals surface area contributed by atoms with Crippen LogP contribution in [0.2, 0.25) is 0 Å². The van der Waals surface area contributed by atoms with Crippen molar-refractivity contribution in [3.8, 4) is 0 Å². The van der Waals surface area contributed by atoms with Gasteiger partial charge in [-0.2, -0.15) is 0 Å². The number of hydrogen-bond acceptors (Lipinski definition) is 8. The van der Waals surface area contributed by atoms with Crippen molar-refractivity contribution < 1.29 is 24.0 Å². The molecule has 0 unspecified atom stereocenters. The van der Waals surface area contributed by atoms with Gasteiger partial charge in [-0.25, -0.2) is 9.59 Å². The Morgan fingerprint density at radius 1 is 0.833 bits per heavy atom. The van der Waals surface area contributed by atoms with E-state index in [2.05, 4.69) is 24.3 Å². The zero-order chi connectivity index (χ0) is 30.5. The highest BCUT2D eigenvalue weighted by Crippen LogP contribution is 2.45. The van der Waals surface area contributed by atoms with E-state index in [1.165, 1.54) is 25.3 Å². The molecule has 0 fully saturated rings. The topological polar surface area (TPSA) is 102 Å². The number of anilines is 2. The molecule has 2 heterocycles. The van der Waals surface area contributed by atoms with Gasteiger partial charge in [0.2, 0.25) is 0 Å². The SMILES string of the molecule is COC(=O)C1=C(c2cccc([N+](=O)[O-])c2)OC(=O)C1=C1N(c2c(C)cc(C)cc2C)C=CN1c1c(C)cc(C)cc1C. The third kappa shape index (κ3) is 4.72. The molecule has 0 saturated carbocycles. The predicted octanol–water partition coefficient (Wildman–Crippen LogP) is 6.60. The second-order valence-electron chi connectivity index (χ2n) is 10.6. The summed E-state index contributed by atoms with van der Waals surface area (Å²) in [4.78, 5) is 42.0. The first-order valence-electron chi connectivity index (χ1n) is 13.4. The van der Waals surface area contributed by atoms with Gasteiger partial charge < -0.3 is 19.3 Å². The van der Waals surface area contributed by atoms with Crippen LogP contribution in [0.3, 0.4) is 0 Å². The second-order valence-corrected chi connectivity index (χ2v) is 10.6. The van der Waals surface area contributed by atoms with Crippen molar-refractivity contribution in [2.24, 2.45) is 0 Å². The van der Waals surface area contributed by atoms with Crippen LogP contribution in [0.1, 0.15) is 38.9 Å². The van der Waals surface area contributed by atoms with Gasteiger partial charge >= 0.3 is 11.9 Å². The summed E-state index contributed by atoms with van der Waals surface area (Å²) in [7, 11) is 1.22. The highest BCUT2D eigenvalue weighted by molar-refractivity contribution is 6.18. The molecular formula is C33H31N3O6. The minimum atomic E-state index is -0.800. The Morgan fingerprint density at radius 3 is 1.79 bits per heavy atom. The Kier molecular flexibility index (Phi) is 7.20. The summed E-state index contributed by atoms with van der Waals surface area (Å²) in [5.41, 5.74) is 7.68. The number of benzene rings is 3. The highest BCUT2D eigenvalue weighted by atomic mass is 16.6. The van der Waals surface area contributed by atoms with Crippen LogP contribution in [0, 0.1) is 51.7 Å². The van der Waals surface area contributed by atoms with Gasteiger partial charge in [0.1, 0.15) is 17.0 Å². The van der Waals surface area contributed by atoms with E-state index in [4.69, 9.17) is 9.47 Å². The number of hydrogen-bond donors (Lipinski definition) is 0.